The second-order valence-electron chi connectivity index (χ2n) is 7.79. The Morgan fingerprint density at radius 1 is 1.00 bits per heavy atom. The molecule has 1 aliphatic heterocycles. The molecule has 0 saturated heterocycles. The van der Waals surface area contributed by atoms with Crippen LogP contribution in [0.15, 0.2) is 48.7 Å². The van der Waals surface area contributed by atoms with Gasteiger partial charge in [0, 0.05) is 18.0 Å². The van der Waals surface area contributed by atoms with Crippen molar-refractivity contribution in [1.82, 2.24) is 4.98 Å². The van der Waals surface area contributed by atoms with Gasteiger partial charge in [-0.25, -0.2) is 0 Å². The first kappa shape index (κ1) is 28.3. The number of alkyl halides is 5. The van der Waals surface area contributed by atoms with Crippen molar-refractivity contribution in [3.05, 3.63) is 59.9 Å². The van der Waals surface area contributed by atoms with Gasteiger partial charge in [0.15, 0.2) is 38.7 Å². The standard InChI is InChI=1S/C22H12B2F5N3O8/c23-20(24,35)38-15-8-10(37-21(25,26)27)1-2-12(15)36-13-3-4-14-17(40-22(28,29)39-14)16(13)19(34)32-9-5-6-31-11(7-9)18(30)33/h1-8,35H,(H2,30,33)(H,31,32,34). The highest BCUT2D eigenvalue weighted by molar-refractivity contribution is 6.37. The average molecular weight is 563 g/mol. The molecule has 1 aromatic heterocycles. The van der Waals surface area contributed by atoms with Crippen LogP contribution in [0.25, 0.3) is 0 Å². The number of aromatic nitrogens is 1. The summed E-state index contributed by atoms with van der Waals surface area (Å²) in [6.45, 7) is 0. The Morgan fingerprint density at radius 3 is 2.35 bits per heavy atom. The van der Waals surface area contributed by atoms with Crippen LogP contribution in [0.2, 0.25) is 0 Å². The molecule has 2 amide bonds. The van der Waals surface area contributed by atoms with E-state index in [0.717, 1.165) is 36.5 Å². The molecular weight excluding hydrogens is 551 g/mol. The van der Waals surface area contributed by atoms with E-state index in [4.69, 9.17) is 30.9 Å². The first-order valence-corrected chi connectivity index (χ1v) is 10.6. The van der Waals surface area contributed by atoms with Gasteiger partial charge in [0.2, 0.25) is 0 Å². The van der Waals surface area contributed by atoms with Gasteiger partial charge in [-0.05, 0) is 36.4 Å². The zero-order valence-electron chi connectivity index (χ0n) is 19.5. The number of nitrogens with one attached hydrogen (secondary N) is 1. The molecule has 0 unspecified atom stereocenters. The van der Waals surface area contributed by atoms with Crippen LogP contribution in [0.1, 0.15) is 20.8 Å². The van der Waals surface area contributed by atoms with Gasteiger partial charge in [0.1, 0.15) is 28.3 Å². The molecule has 40 heavy (non-hydrogen) atoms. The van der Waals surface area contributed by atoms with Crippen molar-refractivity contribution in [2.45, 2.75) is 18.2 Å². The Balaban J connectivity index is 1.76. The fourth-order valence-corrected chi connectivity index (χ4v) is 3.28. The predicted molar refractivity (Wildman–Crippen MR) is 124 cm³/mol. The lowest BCUT2D eigenvalue weighted by Gasteiger charge is -2.24. The Kier molecular flexibility index (Phi) is 7.14. The second-order valence-corrected chi connectivity index (χ2v) is 7.79. The van der Waals surface area contributed by atoms with Crippen molar-refractivity contribution in [3.8, 4) is 34.5 Å². The minimum absolute atomic E-state index is 0.0444. The number of aliphatic hydroxyl groups is 1. The van der Waals surface area contributed by atoms with Crippen LogP contribution < -0.4 is 34.7 Å². The minimum Gasteiger partial charge on any atom is -0.478 e. The molecule has 4 N–H and O–H groups in total. The van der Waals surface area contributed by atoms with Crippen LogP contribution in [-0.2, 0) is 0 Å². The van der Waals surface area contributed by atoms with Crippen molar-refractivity contribution in [2.75, 3.05) is 5.32 Å². The SMILES string of the molecule is [B]C([B])(O)Oc1cc(OC(F)(F)F)ccc1Oc1ccc2c(c1C(=O)Nc1ccnc(C(N)=O)c1)OC(F)(F)O2. The fraction of sp³-hybridized carbons (Fsp3) is 0.136. The number of carbonyl (C=O) groups excluding carboxylic acids is 2. The van der Waals surface area contributed by atoms with E-state index in [1.807, 2.05) is 0 Å². The van der Waals surface area contributed by atoms with Gasteiger partial charge in [0.25, 0.3) is 11.8 Å². The molecule has 0 spiro atoms. The monoisotopic (exact) mass is 563 g/mol. The molecule has 4 radical (unpaired) electrons. The summed E-state index contributed by atoms with van der Waals surface area (Å²) in [4.78, 5) is 28.4. The number of carbonyl (C=O) groups is 2. The molecule has 204 valence electrons. The van der Waals surface area contributed by atoms with Gasteiger partial charge in [-0.3, -0.25) is 14.6 Å². The van der Waals surface area contributed by atoms with Crippen molar-refractivity contribution in [1.29, 1.82) is 0 Å². The number of nitrogens with zero attached hydrogens (tertiary/aromatic N) is 1. The maximum atomic E-state index is 13.9. The molecule has 0 fully saturated rings. The number of amides is 2. The van der Waals surface area contributed by atoms with Crippen LogP contribution in [0.4, 0.5) is 27.6 Å². The third-order valence-corrected chi connectivity index (χ3v) is 4.67. The molecule has 0 aliphatic carbocycles. The molecular formula is C22H12B2F5N3O8. The average Bonchev–Trinajstić information content (AvgIpc) is 3.12. The van der Waals surface area contributed by atoms with Crippen LogP contribution in [0.5, 0.6) is 34.5 Å². The number of hydrogen-bond donors (Lipinski definition) is 3. The Labute approximate surface area is 222 Å². The number of primary amides is 1. The fourth-order valence-electron chi connectivity index (χ4n) is 3.28. The quantitative estimate of drug-likeness (QED) is 0.214. The second kappa shape index (κ2) is 10.1. The number of halogens is 5. The van der Waals surface area contributed by atoms with E-state index in [2.05, 4.69) is 24.5 Å². The van der Waals surface area contributed by atoms with Gasteiger partial charge < -0.3 is 39.8 Å². The summed E-state index contributed by atoms with van der Waals surface area (Å²) in [5.74, 6) is -6.01. The number of hydrogen-bond acceptors (Lipinski definition) is 9. The van der Waals surface area contributed by atoms with Crippen LogP contribution in [-0.4, -0.2) is 55.8 Å². The van der Waals surface area contributed by atoms with E-state index in [9.17, 15) is 36.6 Å². The smallest absolute Gasteiger partial charge is 0.478 e. The number of anilines is 1. The molecule has 1 aliphatic rings. The Morgan fingerprint density at radius 2 is 1.70 bits per heavy atom. The van der Waals surface area contributed by atoms with Crippen molar-refractivity contribution in [3.63, 3.8) is 0 Å². The van der Waals surface area contributed by atoms with E-state index in [1.165, 1.54) is 6.07 Å². The lowest BCUT2D eigenvalue weighted by atomic mass is 9.76. The van der Waals surface area contributed by atoms with Gasteiger partial charge >= 0.3 is 12.7 Å². The highest BCUT2D eigenvalue weighted by atomic mass is 19.4. The highest BCUT2D eigenvalue weighted by Gasteiger charge is 2.46. The van der Waals surface area contributed by atoms with Crippen LogP contribution >= 0.6 is 0 Å². The first-order valence-electron chi connectivity index (χ1n) is 10.6. The Hall–Kier alpha value is -4.73. The number of rotatable bonds is 8. The molecule has 4 rings (SSSR count). The summed E-state index contributed by atoms with van der Waals surface area (Å²) in [7, 11) is 10.4. The summed E-state index contributed by atoms with van der Waals surface area (Å²) in [5, 5.41) is 12.0. The van der Waals surface area contributed by atoms with Crippen molar-refractivity contribution >= 4 is 33.2 Å². The van der Waals surface area contributed by atoms with Crippen LogP contribution in [0.3, 0.4) is 0 Å². The molecule has 3 aromatic rings. The van der Waals surface area contributed by atoms with Crippen molar-refractivity contribution < 1.29 is 60.3 Å². The number of ether oxygens (including phenoxy) is 5. The number of nitrogens with two attached hydrogens (primary N) is 1. The first-order chi connectivity index (χ1) is 18.5. The van der Waals surface area contributed by atoms with E-state index in [0.29, 0.717) is 6.07 Å². The minimum atomic E-state index is -5.11. The lowest BCUT2D eigenvalue weighted by molar-refractivity contribution is -0.286. The summed E-state index contributed by atoms with van der Waals surface area (Å²) in [6.07, 6.45) is -8.16. The zero-order valence-corrected chi connectivity index (χ0v) is 19.5. The zero-order chi connectivity index (χ0) is 29.5. The van der Waals surface area contributed by atoms with E-state index in [1.54, 1.807) is 0 Å². The van der Waals surface area contributed by atoms with Crippen LogP contribution in [0, 0.1) is 0 Å². The molecule has 0 saturated carbocycles. The number of fused-ring (bicyclic) bond motifs is 1. The lowest BCUT2D eigenvalue weighted by Crippen LogP contribution is -2.36. The normalized spacial score (nSPS) is 13.8. The summed E-state index contributed by atoms with van der Waals surface area (Å²) in [5.41, 5.74) is 1.27. The van der Waals surface area contributed by atoms with Gasteiger partial charge in [0.05, 0.1) is 0 Å². The topological polar surface area (TPSA) is 151 Å². The molecule has 11 nitrogen and oxygen atoms in total. The number of benzene rings is 2. The third-order valence-electron chi connectivity index (χ3n) is 4.67. The summed E-state index contributed by atoms with van der Waals surface area (Å²) < 4.78 is 88.8. The van der Waals surface area contributed by atoms with Gasteiger partial charge in [-0.1, -0.05) is 0 Å². The Bertz CT molecular complexity index is 1480. The molecule has 2 aromatic carbocycles. The number of pyridine rings is 1. The maximum absolute atomic E-state index is 13.9. The summed E-state index contributed by atoms with van der Waals surface area (Å²) in [6, 6.07) is 6.48. The molecule has 0 bridgehead atoms. The molecule has 0 atom stereocenters. The van der Waals surface area contributed by atoms with Gasteiger partial charge in [-0.2, -0.15) is 0 Å². The summed E-state index contributed by atoms with van der Waals surface area (Å²) >= 11 is 0. The van der Waals surface area contributed by atoms with Crippen molar-refractivity contribution in [2.24, 2.45) is 5.73 Å². The largest absolute Gasteiger partial charge is 0.586 e. The maximum Gasteiger partial charge on any atom is 0.586 e. The van der Waals surface area contributed by atoms with Gasteiger partial charge in [-0.15, -0.1) is 22.0 Å². The molecule has 2 heterocycles. The third kappa shape index (κ3) is 6.82. The van der Waals surface area contributed by atoms with E-state index in [-0.39, 0.29) is 11.4 Å². The predicted octanol–water partition coefficient (Wildman–Crippen LogP) is 2.76. The highest BCUT2D eigenvalue weighted by Crippen LogP contribution is 2.48. The van der Waals surface area contributed by atoms with E-state index < -0.39 is 70.1 Å². The molecule has 18 heteroatoms. The van der Waals surface area contributed by atoms with E-state index >= 15 is 0 Å².